The van der Waals surface area contributed by atoms with Crippen molar-refractivity contribution in [1.82, 2.24) is 14.8 Å². The molecule has 0 spiro atoms. The molecule has 0 atom stereocenters. The first-order valence-electron chi connectivity index (χ1n) is 7.46. The van der Waals surface area contributed by atoms with Crippen LogP contribution in [0.5, 0.6) is 5.75 Å². The fraction of sp³-hybridized carbons (Fsp3) is 0.176. The molecule has 0 aliphatic rings. The zero-order valence-electron chi connectivity index (χ0n) is 12.9. The number of hydrogen-bond acceptors (Lipinski definition) is 5. The number of nitrogens with zero attached hydrogens (tertiary/aromatic N) is 3. The van der Waals surface area contributed by atoms with Gasteiger partial charge >= 0.3 is 0 Å². The Morgan fingerprint density at radius 2 is 1.79 bits per heavy atom. The van der Waals surface area contributed by atoms with Gasteiger partial charge in [0.2, 0.25) is 5.95 Å². The van der Waals surface area contributed by atoms with E-state index in [2.05, 4.69) is 22.3 Å². The molecule has 124 valence electrons. The highest BCUT2D eigenvalue weighted by Gasteiger charge is 2.10. The highest BCUT2D eigenvalue weighted by Crippen LogP contribution is 2.22. The van der Waals surface area contributed by atoms with Crippen LogP contribution >= 0.6 is 23.4 Å². The van der Waals surface area contributed by atoms with E-state index < -0.39 is 0 Å². The third-order valence-corrected chi connectivity index (χ3v) is 4.64. The van der Waals surface area contributed by atoms with Crippen LogP contribution in [0.15, 0.2) is 59.8 Å². The van der Waals surface area contributed by atoms with E-state index in [4.69, 9.17) is 22.1 Å². The molecule has 7 heteroatoms. The van der Waals surface area contributed by atoms with Crippen molar-refractivity contribution in [3.63, 3.8) is 0 Å². The molecule has 0 saturated carbocycles. The first-order valence-corrected chi connectivity index (χ1v) is 8.82. The minimum absolute atomic E-state index is 0.394. The van der Waals surface area contributed by atoms with E-state index in [0.29, 0.717) is 24.1 Å². The van der Waals surface area contributed by atoms with Crippen molar-refractivity contribution in [1.29, 1.82) is 0 Å². The summed E-state index contributed by atoms with van der Waals surface area (Å²) in [5.41, 5.74) is 7.14. The van der Waals surface area contributed by atoms with Gasteiger partial charge in [-0.2, -0.15) is 0 Å². The molecule has 1 aromatic heterocycles. The van der Waals surface area contributed by atoms with Gasteiger partial charge in [0.05, 0.1) is 6.54 Å². The van der Waals surface area contributed by atoms with Gasteiger partial charge in [-0.3, -0.25) is 4.57 Å². The molecule has 0 fully saturated rings. The second-order valence-corrected chi connectivity index (χ2v) is 6.45. The predicted molar refractivity (Wildman–Crippen MR) is 97.4 cm³/mol. The van der Waals surface area contributed by atoms with Gasteiger partial charge in [0.25, 0.3) is 0 Å². The molecule has 0 amide bonds. The molecule has 24 heavy (non-hydrogen) atoms. The van der Waals surface area contributed by atoms with Gasteiger partial charge in [0, 0.05) is 10.8 Å². The largest absolute Gasteiger partial charge is 0.492 e. The lowest BCUT2D eigenvalue weighted by Crippen LogP contribution is -2.11. The Balaban J connectivity index is 1.57. The SMILES string of the molecule is Nc1nnc(SCc2ccccc2)n1CCOc1ccc(Cl)cc1. The summed E-state index contributed by atoms with van der Waals surface area (Å²) in [7, 11) is 0. The lowest BCUT2D eigenvalue weighted by Gasteiger charge is -2.10. The number of hydrogen-bond donors (Lipinski definition) is 1. The molecule has 0 radical (unpaired) electrons. The number of benzene rings is 2. The summed E-state index contributed by atoms with van der Waals surface area (Å²) in [4.78, 5) is 0. The summed E-state index contributed by atoms with van der Waals surface area (Å²) < 4.78 is 7.57. The standard InChI is InChI=1S/C17H17ClN4OS/c18-14-6-8-15(9-7-14)23-11-10-22-16(19)20-21-17(22)24-12-13-4-2-1-3-5-13/h1-9H,10-12H2,(H2,19,20). The molecule has 0 saturated heterocycles. The smallest absolute Gasteiger partial charge is 0.222 e. The van der Waals surface area contributed by atoms with E-state index in [-0.39, 0.29) is 0 Å². The Kier molecular flexibility index (Phi) is 5.61. The van der Waals surface area contributed by atoms with Crippen LogP contribution in [0.1, 0.15) is 5.56 Å². The Bertz CT molecular complexity index is 777. The lowest BCUT2D eigenvalue weighted by molar-refractivity contribution is 0.294. The highest BCUT2D eigenvalue weighted by atomic mass is 35.5. The minimum atomic E-state index is 0.394. The average molecular weight is 361 g/mol. The van der Waals surface area contributed by atoms with Crippen molar-refractivity contribution in [3.8, 4) is 5.75 Å². The number of nitrogens with two attached hydrogens (primary N) is 1. The molecule has 3 rings (SSSR count). The maximum absolute atomic E-state index is 5.91. The summed E-state index contributed by atoms with van der Waals surface area (Å²) >= 11 is 7.46. The highest BCUT2D eigenvalue weighted by molar-refractivity contribution is 7.98. The number of anilines is 1. The third kappa shape index (κ3) is 4.43. The van der Waals surface area contributed by atoms with Crippen molar-refractivity contribution in [2.24, 2.45) is 0 Å². The normalized spacial score (nSPS) is 10.7. The van der Waals surface area contributed by atoms with Gasteiger partial charge in [0.1, 0.15) is 12.4 Å². The quantitative estimate of drug-likeness (QED) is 0.647. The molecular weight excluding hydrogens is 344 g/mol. The predicted octanol–water partition coefficient (Wildman–Crippen LogP) is 3.89. The minimum Gasteiger partial charge on any atom is -0.492 e. The van der Waals surface area contributed by atoms with E-state index in [1.165, 1.54) is 5.56 Å². The van der Waals surface area contributed by atoms with Gasteiger partial charge in [-0.15, -0.1) is 10.2 Å². The zero-order chi connectivity index (χ0) is 16.8. The number of thioether (sulfide) groups is 1. The maximum Gasteiger partial charge on any atom is 0.222 e. The van der Waals surface area contributed by atoms with Gasteiger partial charge in [-0.1, -0.05) is 53.7 Å². The van der Waals surface area contributed by atoms with Crippen LogP contribution in [-0.2, 0) is 12.3 Å². The van der Waals surface area contributed by atoms with E-state index in [1.54, 1.807) is 23.9 Å². The molecule has 0 unspecified atom stereocenters. The molecule has 2 aromatic carbocycles. The molecule has 0 aliphatic carbocycles. The molecular formula is C17H17ClN4OS. The van der Waals surface area contributed by atoms with Crippen molar-refractivity contribution in [2.45, 2.75) is 17.5 Å². The Hall–Kier alpha value is -2.18. The van der Waals surface area contributed by atoms with Crippen LogP contribution in [-0.4, -0.2) is 21.4 Å². The fourth-order valence-electron chi connectivity index (χ4n) is 2.12. The number of nitrogen functional groups attached to an aromatic ring is 1. The molecule has 1 heterocycles. The third-order valence-electron chi connectivity index (χ3n) is 3.35. The van der Waals surface area contributed by atoms with Crippen LogP contribution < -0.4 is 10.5 Å². The van der Waals surface area contributed by atoms with Crippen LogP contribution in [0.3, 0.4) is 0 Å². The summed E-state index contributed by atoms with van der Waals surface area (Å²) in [5.74, 6) is 1.98. The van der Waals surface area contributed by atoms with E-state index >= 15 is 0 Å². The van der Waals surface area contributed by atoms with Gasteiger partial charge in [-0.05, 0) is 29.8 Å². The van der Waals surface area contributed by atoms with Crippen LogP contribution in [0.2, 0.25) is 5.02 Å². The Labute approximate surface area is 149 Å². The Morgan fingerprint density at radius 1 is 1.04 bits per heavy atom. The van der Waals surface area contributed by atoms with Crippen molar-refractivity contribution in [2.75, 3.05) is 12.3 Å². The van der Waals surface area contributed by atoms with Crippen LogP contribution in [0.25, 0.3) is 0 Å². The van der Waals surface area contributed by atoms with Crippen molar-refractivity contribution >= 4 is 29.3 Å². The molecule has 5 nitrogen and oxygen atoms in total. The summed E-state index contributed by atoms with van der Waals surface area (Å²) in [6.07, 6.45) is 0. The van der Waals surface area contributed by atoms with Crippen LogP contribution in [0, 0.1) is 0 Å². The molecule has 2 N–H and O–H groups in total. The monoisotopic (exact) mass is 360 g/mol. The van der Waals surface area contributed by atoms with E-state index in [9.17, 15) is 0 Å². The molecule has 3 aromatic rings. The first kappa shape index (κ1) is 16.7. The molecule has 0 bridgehead atoms. The number of rotatable bonds is 7. The van der Waals surface area contributed by atoms with E-state index in [0.717, 1.165) is 16.7 Å². The van der Waals surface area contributed by atoms with Crippen molar-refractivity contribution < 1.29 is 4.74 Å². The summed E-state index contributed by atoms with van der Waals surface area (Å²) in [6.45, 7) is 1.06. The Morgan fingerprint density at radius 3 is 2.54 bits per heavy atom. The first-order chi connectivity index (χ1) is 11.7. The number of ether oxygens (including phenoxy) is 1. The molecule has 0 aliphatic heterocycles. The van der Waals surface area contributed by atoms with Gasteiger partial charge in [-0.25, -0.2) is 0 Å². The van der Waals surface area contributed by atoms with E-state index in [1.807, 2.05) is 34.9 Å². The summed E-state index contributed by atoms with van der Waals surface area (Å²) in [6, 6.07) is 17.5. The van der Waals surface area contributed by atoms with Crippen molar-refractivity contribution in [3.05, 3.63) is 65.2 Å². The number of aromatic nitrogens is 3. The second-order valence-electron chi connectivity index (χ2n) is 5.07. The van der Waals surface area contributed by atoms with Gasteiger partial charge < -0.3 is 10.5 Å². The van der Waals surface area contributed by atoms with Crippen LogP contribution in [0.4, 0.5) is 5.95 Å². The topological polar surface area (TPSA) is 66.0 Å². The lowest BCUT2D eigenvalue weighted by atomic mass is 10.2. The van der Waals surface area contributed by atoms with Gasteiger partial charge in [0.15, 0.2) is 5.16 Å². The average Bonchev–Trinajstić information content (AvgIpc) is 2.96. The second kappa shape index (κ2) is 8.08. The summed E-state index contributed by atoms with van der Waals surface area (Å²) in [5, 5.41) is 9.58. The fourth-order valence-corrected chi connectivity index (χ4v) is 3.18. The maximum atomic E-state index is 5.91. The zero-order valence-corrected chi connectivity index (χ0v) is 14.5. The number of halogens is 1.